The third kappa shape index (κ3) is 7.98. The third-order valence-corrected chi connectivity index (χ3v) is 1.65. The van der Waals surface area contributed by atoms with Gasteiger partial charge in [0.05, 0.1) is 12.7 Å². The van der Waals surface area contributed by atoms with E-state index in [1.807, 2.05) is 7.05 Å². The molecule has 0 rings (SSSR count). The summed E-state index contributed by atoms with van der Waals surface area (Å²) in [5, 5.41) is 12.3. The summed E-state index contributed by atoms with van der Waals surface area (Å²) in [6.07, 6.45) is 2.59. The van der Waals surface area contributed by atoms with Crippen LogP contribution in [0.4, 0.5) is 0 Å². The molecule has 0 radical (unpaired) electrons. The molecule has 0 spiro atoms. The van der Waals surface area contributed by atoms with E-state index in [1.54, 1.807) is 0 Å². The van der Waals surface area contributed by atoms with Crippen LogP contribution in [0.15, 0.2) is 0 Å². The van der Waals surface area contributed by atoms with Crippen molar-refractivity contribution in [1.29, 1.82) is 0 Å². The summed E-state index contributed by atoms with van der Waals surface area (Å²) in [5.74, 6) is 0. The van der Waals surface area contributed by atoms with Gasteiger partial charge in [0.1, 0.15) is 0 Å². The molecule has 2 N–H and O–H groups in total. The van der Waals surface area contributed by atoms with Crippen LogP contribution in [0.2, 0.25) is 0 Å². The maximum atomic E-state index is 9.27. The molecule has 0 saturated carbocycles. The van der Waals surface area contributed by atoms with Crippen LogP contribution in [0, 0.1) is 0 Å². The molecule has 0 saturated heterocycles. The van der Waals surface area contributed by atoms with E-state index in [-0.39, 0.29) is 6.10 Å². The lowest BCUT2D eigenvalue weighted by molar-refractivity contribution is 0.0315. The van der Waals surface area contributed by atoms with Gasteiger partial charge in [0.25, 0.3) is 0 Å². The first-order chi connectivity index (χ1) is 5.81. The van der Waals surface area contributed by atoms with E-state index < -0.39 is 0 Å². The van der Waals surface area contributed by atoms with Gasteiger partial charge >= 0.3 is 0 Å². The molecular weight excluding hydrogens is 154 g/mol. The highest BCUT2D eigenvalue weighted by Gasteiger charge is 2.00. The molecule has 12 heavy (non-hydrogen) atoms. The number of nitrogens with one attached hydrogen (secondary N) is 1. The van der Waals surface area contributed by atoms with Gasteiger partial charge in [-0.25, -0.2) is 0 Å². The van der Waals surface area contributed by atoms with Crippen molar-refractivity contribution in [3.05, 3.63) is 0 Å². The minimum Gasteiger partial charge on any atom is -0.391 e. The van der Waals surface area contributed by atoms with E-state index in [2.05, 4.69) is 12.2 Å². The third-order valence-electron chi connectivity index (χ3n) is 1.65. The number of aliphatic hydroxyl groups excluding tert-OH is 1. The Morgan fingerprint density at radius 1 is 1.50 bits per heavy atom. The first kappa shape index (κ1) is 11.9. The summed E-state index contributed by atoms with van der Waals surface area (Å²) in [7, 11) is 1.92. The lowest BCUT2D eigenvalue weighted by Crippen LogP contribution is -2.17. The normalized spacial score (nSPS) is 13.2. The van der Waals surface area contributed by atoms with Crippen LogP contribution in [-0.4, -0.2) is 38.0 Å². The Bertz CT molecular complexity index is 88.6. The zero-order valence-corrected chi connectivity index (χ0v) is 8.18. The molecule has 0 bridgehead atoms. The Labute approximate surface area is 75.1 Å². The van der Waals surface area contributed by atoms with Gasteiger partial charge in [-0.2, -0.15) is 0 Å². The molecule has 3 heteroatoms. The molecule has 0 aromatic carbocycles. The summed E-state index contributed by atoms with van der Waals surface area (Å²) in [5.41, 5.74) is 0. The highest BCUT2D eigenvalue weighted by molar-refractivity contribution is 4.51. The molecule has 0 fully saturated rings. The predicted octanol–water partition coefficient (Wildman–Crippen LogP) is 0.773. The molecule has 0 aliphatic rings. The van der Waals surface area contributed by atoms with Crippen molar-refractivity contribution in [2.45, 2.75) is 32.3 Å². The van der Waals surface area contributed by atoms with Crippen molar-refractivity contribution in [2.75, 3.05) is 26.8 Å². The van der Waals surface area contributed by atoms with E-state index in [0.29, 0.717) is 6.61 Å². The summed E-state index contributed by atoms with van der Waals surface area (Å²) in [4.78, 5) is 0. The second kappa shape index (κ2) is 8.97. The largest absolute Gasteiger partial charge is 0.391 e. The Morgan fingerprint density at radius 3 is 2.83 bits per heavy atom. The second-order valence-electron chi connectivity index (χ2n) is 2.97. The van der Waals surface area contributed by atoms with Gasteiger partial charge in [0.2, 0.25) is 0 Å². The molecule has 0 aliphatic heterocycles. The highest BCUT2D eigenvalue weighted by Crippen LogP contribution is 1.96. The van der Waals surface area contributed by atoms with Gasteiger partial charge in [0, 0.05) is 6.61 Å². The highest BCUT2D eigenvalue weighted by atomic mass is 16.5. The molecule has 0 aromatic rings. The maximum Gasteiger partial charge on any atom is 0.0773 e. The fourth-order valence-corrected chi connectivity index (χ4v) is 0.987. The number of rotatable bonds is 8. The molecule has 0 amide bonds. The molecule has 0 aromatic heterocycles. The standard InChI is InChI=1S/C9H21NO2/c1-3-5-9(11)8-12-7-4-6-10-2/h9-11H,3-8H2,1-2H3. The van der Waals surface area contributed by atoms with Crippen LogP contribution in [0.3, 0.4) is 0 Å². The smallest absolute Gasteiger partial charge is 0.0773 e. The van der Waals surface area contributed by atoms with Crippen LogP contribution < -0.4 is 5.32 Å². The Hall–Kier alpha value is -0.120. The average Bonchev–Trinajstić information content (AvgIpc) is 2.05. The van der Waals surface area contributed by atoms with E-state index >= 15 is 0 Å². The SMILES string of the molecule is CCCC(O)COCCCNC. The van der Waals surface area contributed by atoms with Crippen molar-refractivity contribution < 1.29 is 9.84 Å². The van der Waals surface area contributed by atoms with Crippen molar-refractivity contribution in [2.24, 2.45) is 0 Å². The molecule has 74 valence electrons. The fraction of sp³-hybridized carbons (Fsp3) is 1.00. The number of ether oxygens (including phenoxy) is 1. The van der Waals surface area contributed by atoms with E-state index in [0.717, 1.165) is 32.4 Å². The number of hydrogen-bond donors (Lipinski definition) is 2. The van der Waals surface area contributed by atoms with Gasteiger partial charge in [-0.15, -0.1) is 0 Å². The van der Waals surface area contributed by atoms with Crippen LogP contribution in [0.5, 0.6) is 0 Å². The molecule has 0 heterocycles. The van der Waals surface area contributed by atoms with E-state index in [1.165, 1.54) is 0 Å². The van der Waals surface area contributed by atoms with Crippen molar-refractivity contribution >= 4 is 0 Å². The number of hydrogen-bond acceptors (Lipinski definition) is 3. The van der Waals surface area contributed by atoms with Gasteiger partial charge in [0.15, 0.2) is 0 Å². The van der Waals surface area contributed by atoms with Crippen LogP contribution in [0.25, 0.3) is 0 Å². The molecule has 3 nitrogen and oxygen atoms in total. The van der Waals surface area contributed by atoms with Crippen LogP contribution in [0.1, 0.15) is 26.2 Å². The quantitative estimate of drug-likeness (QED) is 0.535. The second-order valence-corrected chi connectivity index (χ2v) is 2.97. The fourth-order valence-electron chi connectivity index (χ4n) is 0.987. The van der Waals surface area contributed by atoms with Gasteiger partial charge in [-0.3, -0.25) is 0 Å². The monoisotopic (exact) mass is 175 g/mol. The van der Waals surface area contributed by atoms with Gasteiger partial charge in [-0.05, 0) is 26.4 Å². The molecule has 1 atom stereocenters. The van der Waals surface area contributed by atoms with Gasteiger partial charge < -0.3 is 15.2 Å². The minimum absolute atomic E-state index is 0.274. The summed E-state index contributed by atoms with van der Waals surface area (Å²) >= 11 is 0. The van der Waals surface area contributed by atoms with Gasteiger partial charge in [-0.1, -0.05) is 13.3 Å². The van der Waals surface area contributed by atoms with E-state index in [9.17, 15) is 5.11 Å². The zero-order chi connectivity index (χ0) is 9.23. The van der Waals surface area contributed by atoms with E-state index in [4.69, 9.17) is 4.74 Å². The predicted molar refractivity (Wildman–Crippen MR) is 50.3 cm³/mol. The van der Waals surface area contributed by atoms with Crippen LogP contribution in [-0.2, 0) is 4.74 Å². The first-order valence-corrected chi connectivity index (χ1v) is 4.71. The van der Waals surface area contributed by atoms with Crippen molar-refractivity contribution in [3.8, 4) is 0 Å². The minimum atomic E-state index is -0.274. The molecular formula is C9H21NO2. The first-order valence-electron chi connectivity index (χ1n) is 4.71. The summed E-state index contributed by atoms with van der Waals surface area (Å²) in [6.45, 7) is 4.26. The lowest BCUT2D eigenvalue weighted by Gasteiger charge is -2.09. The number of aliphatic hydroxyl groups is 1. The van der Waals surface area contributed by atoms with Crippen molar-refractivity contribution in [3.63, 3.8) is 0 Å². The summed E-state index contributed by atoms with van der Waals surface area (Å²) < 4.78 is 5.26. The Balaban J connectivity index is 2.97. The maximum absolute atomic E-state index is 9.27. The van der Waals surface area contributed by atoms with Crippen LogP contribution >= 0.6 is 0 Å². The average molecular weight is 175 g/mol. The lowest BCUT2D eigenvalue weighted by atomic mass is 10.2. The topological polar surface area (TPSA) is 41.5 Å². The zero-order valence-electron chi connectivity index (χ0n) is 8.18. The van der Waals surface area contributed by atoms with Crippen molar-refractivity contribution in [1.82, 2.24) is 5.32 Å². The Kier molecular flexibility index (Phi) is 8.88. The molecule has 1 unspecified atom stereocenters. The Morgan fingerprint density at radius 2 is 2.25 bits per heavy atom. The molecule has 0 aliphatic carbocycles. The summed E-state index contributed by atoms with van der Waals surface area (Å²) in [6, 6.07) is 0.